The van der Waals surface area contributed by atoms with Crippen LogP contribution in [-0.2, 0) is 9.31 Å². The Labute approximate surface area is 114 Å². The molecule has 2 N–H and O–H groups in total. The van der Waals surface area contributed by atoms with Gasteiger partial charge in [0.15, 0.2) is 0 Å². The third-order valence-electron chi connectivity index (χ3n) is 4.23. The highest BCUT2D eigenvalue weighted by Crippen LogP contribution is 2.39. The van der Waals surface area contributed by atoms with E-state index in [-0.39, 0.29) is 5.82 Å². The van der Waals surface area contributed by atoms with Gasteiger partial charge < -0.3 is 15.0 Å². The summed E-state index contributed by atoms with van der Waals surface area (Å²) in [6.07, 6.45) is 0. The van der Waals surface area contributed by atoms with E-state index >= 15 is 0 Å². The van der Waals surface area contributed by atoms with E-state index in [0.29, 0.717) is 5.56 Å². The summed E-state index contributed by atoms with van der Waals surface area (Å²) >= 11 is 0. The molecule has 19 heavy (non-hydrogen) atoms. The minimum Gasteiger partial charge on any atom is -0.402 e. The van der Waals surface area contributed by atoms with Gasteiger partial charge in [0.2, 0.25) is 0 Å². The highest BCUT2D eigenvalue weighted by atomic mass is 19.1. The van der Waals surface area contributed by atoms with Gasteiger partial charge in [-0.15, -0.1) is 0 Å². The van der Waals surface area contributed by atoms with Crippen molar-refractivity contribution in [1.82, 2.24) is 0 Å². The van der Waals surface area contributed by atoms with Crippen molar-refractivity contribution < 1.29 is 13.7 Å². The van der Waals surface area contributed by atoms with Crippen LogP contribution in [0, 0.1) is 12.7 Å². The van der Waals surface area contributed by atoms with Crippen LogP contribution >= 0.6 is 0 Å². The van der Waals surface area contributed by atoms with Gasteiger partial charge in [0, 0.05) is 0 Å². The van der Waals surface area contributed by atoms with Gasteiger partial charge in [0.1, 0.15) is 5.82 Å². The van der Waals surface area contributed by atoms with Crippen LogP contribution in [0.2, 0.25) is 0 Å². The molecule has 2 rings (SSSR count). The summed E-state index contributed by atoms with van der Waals surface area (Å²) in [5.41, 5.74) is 6.59. The Kier molecular flexibility index (Phi) is 3.50. The standard InChI is InChI=1S/C14H21BFNO2/c1-9-10(7-6-8-11(9)16)12(17)15-18-13(2,3)14(4,5)19-15/h6-8,12H,17H2,1-5H3. The fourth-order valence-corrected chi connectivity index (χ4v) is 2.17. The topological polar surface area (TPSA) is 44.5 Å². The lowest BCUT2D eigenvalue weighted by molar-refractivity contribution is 0.00578. The monoisotopic (exact) mass is 265 g/mol. The van der Waals surface area contributed by atoms with Gasteiger partial charge in [-0.25, -0.2) is 4.39 Å². The van der Waals surface area contributed by atoms with E-state index in [1.54, 1.807) is 13.0 Å². The van der Waals surface area contributed by atoms with Crippen LogP contribution in [0.3, 0.4) is 0 Å². The summed E-state index contributed by atoms with van der Waals surface area (Å²) in [7, 11) is -0.564. The van der Waals surface area contributed by atoms with Crippen LogP contribution in [0.15, 0.2) is 18.2 Å². The normalized spacial score (nSPS) is 22.6. The van der Waals surface area contributed by atoms with E-state index in [0.717, 1.165) is 5.56 Å². The van der Waals surface area contributed by atoms with Crippen molar-refractivity contribution in [1.29, 1.82) is 0 Å². The largest absolute Gasteiger partial charge is 0.480 e. The lowest BCUT2D eigenvalue weighted by atomic mass is 9.73. The molecule has 5 heteroatoms. The Morgan fingerprint density at radius 1 is 1.16 bits per heavy atom. The third kappa shape index (κ3) is 2.42. The van der Waals surface area contributed by atoms with Crippen molar-refractivity contribution >= 4 is 7.12 Å². The Balaban J connectivity index is 2.27. The first kappa shape index (κ1) is 14.5. The van der Waals surface area contributed by atoms with Gasteiger partial charge >= 0.3 is 7.12 Å². The van der Waals surface area contributed by atoms with Crippen molar-refractivity contribution in [2.45, 2.75) is 51.8 Å². The summed E-state index contributed by atoms with van der Waals surface area (Å²) < 4.78 is 25.4. The predicted molar refractivity (Wildman–Crippen MR) is 74.1 cm³/mol. The maximum Gasteiger partial charge on any atom is 0.480 e. The van der Waals surface area contributed by atoms with Gasteiger partial charge in [-0.2, -0.15) is 0 Å². The van der Waals surface area contributed by atoms with Crippen LogP contribution in [0.1, 0.15) is 44.8 Å². The Morgan fingerprint density at radius 2 is 1.68 bits per heavy atom. The van der Waals surface area contributed by atoms with Gasteiger partial charge in [-0.1, -0.05) is 12.1 Å². The van der Waals surface area contributed by atoms with E-state index in [2.05, 4.69) is 0 Å². The molecule has 1 unspecified atom stereocenters. The fourth-order valence-electron chi connectivity index (χ4n) is 2.17. The molecule has 1 saturated heterocycles. The minimum atomic E-state index is -0.564. The molecule has 0 radical (unpaired) electrons. The highest BCUT2D eigenvalue weighted by molar-refractivity contribution is 6.47. The van der Waals surface area contributed by atoms with Crippen LogP contribution in [0.5, 0.6) is 0 Å². The molecule has 1 aromatic rings. The second kappa shape index (κ2) is 4.58. The fraction of sp³-hybridized carbons (Fsp3) is 0.571. The molecule has 1 heterocycles. The summed E-state index contributed by atoms with van der Waals surface area (Å²) in [5.74, 6) is -0.763. The van der Waals surface area contributed by atoms with E-state index in [9.17, 15) is 4.39 Å². The quantitative estimate of drug-likeness (QED) is 0.836. The van der Waals surface area contributed by atoms with Crippen LogP contribution < -0.4 is 5.73 Å². The number of hydrogen-bond donors (Lipinski definition) is 1. The van der Waals surface area contributed by atoms with Crippen molar-refractivity contribution in [3.63, 3.8) is 0 Å². The molecule has 0 amide bonds. The molecular formula is C14H21BFNO2. The van der Waals surface area contributed by atoms with Gasteiger partial charge in [0.05, 0.1) is 17.1 Å². The molecule has 0 saturated carbocycles. The van der Waals surface area contributed by atoms with Crippen molar-refractivity contribution in [3.8, 4) is 0 Å². The summed E-state index contributed by atoms with van der Waals surface area (Å²) in [6.45, 7) is 9.60. The molecular weight excluding hydrogens is 244 g/mol. The van der Waals surface area contributed by atoms with E-state index in [1.807, 2.05) is 33.8 Å². The predicted octanol–water partition coefficient (Wildman–Crippen LogP) is 2.77. The average Bonchev–Trinajstić information content (AvgIpc) is 2.51. The van der Waals surface area contributed by atoms with Gasteiger partial charge in [-0.05, 0) is 51.8 Å². The van der Waals surface area contributed by atoms with E-state index < -0.39 is 24.3 Å². The molecule has 0 spiro atoms. The number of halogens is 1. The zero-order chi connectivity index (χ0) is 14.4. The zero-order valence-electron chi connectivity index (χ0n) is 12.2. The van der Waals surface area contributed by atoms with Crippen molar-refractivity contribution in [2.24, 2.45) is 5.73 Å². The average molecular weight is 265 g/mol. The molecule has 1 aliphatic rings. The smallest absolute Gasteiger partial charge is 0.402 e. The number of nitrogens with two attached hydrogens (primary N) is 1. The summed E-state index contributed by atoms with van der Waals surface area (Å²) in [5, 5.41) is 0. The highest BCUT2D eigenvalue weighted by Gasteiger charge is 2.53. The van der Waals surface area contributed by atoms with Crippen LogP contribution in [0.4, 0.5) is 4.39 Å². The molecule has 104 valence electrons. The Hall–Kier alpha value is -0.905. The summed E-state index contributed by atoms with van der Waals surface area (Å²) in [6, 6.07) is 4.90. The number of rotatable bonds is 2. The Morgan fingerprint density at radius 3 is 2.21 bits per heavy atom. The first-order chi connectivity index (χ1) is 8.66. The van der Waals surface area contributed by atoms with E-state index in [1.165, 1.54) is 6.07 Å². The SMILES string of the molecule is Cc1c(F)cccc1C(N)B1OC(C)(C)C(C)(C)O1. The minimum absolute atomic E-state index is 0.260. The second-order valence-electron chi connectivity index (χ2n) is 6.10. The molecule has 1 aromatic carbocycles. The molecule has 0 aromatic heterocycles. The third-order valence-corrected chi connectivity index (χ3v) is 4.23. The molecule has 0 bridgehead atoms. The second-order valence-corrected chi connectivity index (χ2v) is 6.10. The molecule has 1 aliphatic heterocycles. The van der Waals surface area contributed by atoms with Crippen LogP contribution in [-0.4, -0.2) is 18.3 Å². The lowest BCUT2D eigenvalue weighted by Gasteiger charge is -2.32. The van der Waals surface area contributed by atoms with Crippen molar-refractivity contribution in [3.05, 3.63) is 35.1 Å². The molecule has 1 fully saturated rings. The molecule has 3 nitrogen and oxygen atoms in total. The molecule has 1 atom stereocenters. The maximum absolute atomic E-state index is 13.6. The molecule has 0 aliphatic carbocycles. The number of hydrogen-bond acceptors (Lipinski definition) is 3. The lowest BCUT2D eigenvalue weighted by Crippen LogP contribution is -2.41. The van der Waals surface area contributed by atoms with Crippen LogP contribution in [0.25, 0.3) is 0 Å². The van der Waals surface area contributed by atoms with Gasteiger partial charge in [0.25, 0.3) is 0 Å². The summed E-state index contributed by atoms with van der Waals surface area (Å²) in [4.78, 5) is 0. The zero-order valence-corrected chi connectivity index (χ0v) is 12.2. The van der Waals surface area contributed by atoms with Crippen molar-refractivity contribution in [2.75, 3.05) is 0 Å². The first-order valence-corrected chi connectivity index (χ1v) is 6.52. The maximum atomic E-state index is 13.6. The van der Waals surface area contributed by atoms with Gasteiger partial charge in [-0.3, -0.25) is 0 Å². The van der Waals surface area contributed by atoms with E-state index in [4.69, 9.17) is 15.0 Å². The Bertz CT molecular complexity index is 474. The first-order valence-electron chi connectivity index (χ1n) is 6.52. The number of benzene rings is 1.